The van der Waals surface area contributed by atoms with E-state index in [-0.39, 0.29) is 17.5 Å². The number of azo groups is 1. The predicted molar refractivity (Wildman–Crippen MR) is 115 cm³/mol. The number of benzene rings is 2. The number of aliphatic imine (C=N–C) groups is 2. The van der Waals surface area contributed by atoms with Crippen molar-refractivity contribution in [1.29, 1.82) is 0 Å². The Morgan fingerprint density at radius 1 is 0.897 bits per heavy atom. The number of rotatable bonds is 1. The molecule has 142 valence electrons. The zero-order valence-corrected chi connectivity index (χ0v) is 16.3. The van der Waals surface area contributed by atoms with E-state index in [0.717, 1.165) is 16.0 Å². The maximum atomic E-state index is 13.7. The van der Waals surface area contributed by atoms with Crippen LogP contribution >= 0.6 is 11.3 Å². The molecular formula is C21H16N6OS. The second kappa shape index (κ2) is 6.18. The second-order valence-electron chi connectivity index (χ2n) is 6.82. The van der Waals surface area contributed by atoms with Gasteiger partial charge in [0, 0.05) is 4.88 Å². The Kier molecular flexibility index (Phi) is 3.72. The highest BCUT2D eigenvalue weighted by Gasteiger charge is 2.52. The molecular weight excluding hydrogens is 384 g/mol. The molecule has 4 N–H and O–H groups in total. The van der Waals surface area contributed by atoms with E-state index in [9.17, 15) is 4.79 Å². The van der Waals surface area contributed by atoms with Gasteiger partial charge in [0.25, 0.3) is 5.54 Å². The lowest BCUT2D eigenvalue weighted by atomic mass is 9.85. The summed E-state index contributed by atoms with van der Waals surface area (Å²) in [6.45, 7) is 1.90. The number of fused-ring (bicyclic) bond motifs is 2. The van der Waals surface area contributed by atoms with Crippen LogP contribution in [-0.4, -0.2) is 23.0 Å². The number of hydrogen-bond acceptors (Lipinski definition) is 8. The van der Waals surface area contributed by atoms with Crippen molar-refractivity contribution in [3.8, 4) is 10.4 Å². The second-order valence-corrected chi connectivity index (χ2v) is 7.82. The number of nitrogens with two attached hydrogens (primary N) is 2. The van der Waals surface area contributed by atoms with Crippen molar-refractivity contribution in [2.75, 3.05) is 0 Å². The fraction of sp³-hybridized carbons (Fsp3) is 0.0952. The van der Waals surface area contributed by atoms with Crippen LogP contribution in [0.2, 0.25) is 0 Å². The Labute approximate surface area is 170 Å². The zero-order chi connectivity index (χ0) is 20.2. The minimum atomic E-state index is -1.73. The van der Waals surface area contributed by atoms with E-state index in [1.165, 1.54) is 11.3 Å². The molecule has 29 heavy (non-hydrogen) atoms. The first kappa shape index (κ1) is 17.4. The van der Waals surface area contributed by atoms with Gasteiger partial charge in [-0.05, 0) is 30.2 Å². The van der Waals surface area contributed by atoms with Crippen molar-refractivity contribution in [3.05, 3.63) is 65.7 Å². The van der Waals surface area contributed by atoms with Crippen LogP contribution in [0.4, 0.5) is 16.4 Å². The fourth-order valence-electron chi connectivity index (χ4n) is 3.59. The van der Waals surface area contributed by atoms with Gasteiger partial charge < -0.3 is 11.5 Å². The third-order valence-corrected chi connectivity index (χ3v) is 6.34. The average molecular weight is 400 g/mol. The third kappa shape index (κ3) is 2.39. The van der Waals surface area contributed by atoms with Gasteiger partial charge in [0.2, 0.25) is 5.78 Å². The summed E-state index contributed by atoms with van der Waals surface area (Å²) in [7, 11) is 0. The summed E-state index contributed by atoms with van der Waals surface area (Å²) < 4.78 is 0. The van der Waals surface area contributed by atoms with E-state index in [1.54, 1.807) is 12.1 Å². The number of ketones is 1. The topological polar surface area (TPSA) is 119 Å². The van der Waals surface area contributed by atoms with Crippen LogP contribution in [0.5, 0.6) is 0 Å². The highest BCUT2D eigenvalue weighted by Crippen LogP contribution is 2.47. The summed E-state index contributed by atoms with van der Waals surface area (Å²) in [6, 6.07) is 17.0. The Balaban J connectivity index is 1.70. The van der Waals surface area contributed by atoms with E-state index in [4.69, 9.17) is 11.5 Å². The van der Waals surface area contributed by atoms with Gasteiger partial charge in [-0.25, -0.2) is 9.98 Å². The molecule has 0 unspecified atom stereocenters. The summed E-state index contributed by atoms with van der Waals surface area (Å²) in [5, 5.41) is 9.15. The lowest BCUT2D eigenvalue weighted by Crippen LogP contribution is -2.58. The maximum Gasteiger partial charge on any atom is 0.257 e. The van der Waals surface area contributed by atoms with Crippen molar-refractivity contribution in [1.82, 2.24) is 0 Å². The van der Waals surface area contributed by atoms with Gasteiger partial charge in [-0.2, -0.15) is 5.11 Å². The molecule has 0 amide bonds. The lowest BCUT2D eigenvalue weighted by molar-refractivity contribution is 0.0957. The molecule has 5 rings (SSSR count). The van der Waals surface area contributed by atoms with Crippen LogP contribution in [0, 0.1) is 6.92 Å². The monoisotopic (exact) mass is 400 g/mol. The van der Waals surface area contributed by atoms with Crippen molar-refractivity contribution >= 4 is 45.2 Å². The molecule has 1 spiro atoms. The molecule has 0 atom stereocenters. The first-order valence-electron chi connectivity index (χ1n) is 8.97. The van der Waals surface area contributed by atoms with Gasteiger partial charge in [0.15, 0.2) is 0 Å². The Bertz CT molecular complexity index is 1220. The van der Waals surface area contributed by atoms with E-state index in [2.05, 4.69) is 20.2 Å². The normalized spacial score (nSPS) is 16.7. The molecule has 0 saturated heterocycles. The van der Waals surface area contributed by atoms with Crippen LogP contribution in [0.15, 0.2) is 74.8 Å². The van der Waals surface area contributed by atoms with E-state index in [1.807, 2.05) is 49.4 Å². The number of carbonyl (C=O) groups excluding carboxylic acids is 1. The Morgan fingerprint density at radius 2 is 1.48 bits per heavy atom. The van der Waals surface area contributed by atoms with Gasteiger partial charge in [0.05, 0.1) is 16.9 Å². The van der Waals surface area contributed by atoms with Crippen molar-refractivity contribution in [2.45, 2.75) is 12.5 Å². The van der Waals surface area contributed by atoms with Crippen molar-refractivity contribution in [2.24, 2.45) is 31.7 Å². The van der Waals surface area contributed by atoms with Crippen molar-refractivity contribution < 1.29 is 4.79 Å². The third-order valence-electron chi connectivity index (χ3n) is 5.12. The summed E-state index contributed by atoms with van der Waals surface area (Å²) in [5.41, 5.74) is 14.2. The molecule has 2 aliphatic heterocycles. The molecule has 8 heteroatoms. The predicted octanol–water partition coefficient (Wildman–Crippen LogP) is 4.43. The molecule has 1 aromatic heterocycles. The lowest BCUT2D eigenvalue weighted by Gasteiger charge is -2.27. The Morgan fingerprint density at radius 3 is 2.10 bits per heavy atom. The molecule has 0 bridgehead atoms. The molecule has 2 aliphatic rings. The molecule has 0 radical (unpaired) electrons. The van der Waals surface area contributed by atoms with Gasteiger partial charge in [-0.3, -0.25) is 4.79 Å². The SMILES string of the molecule is Cc1c(-c2ccccc2)sc2c1C(=O)C1(N=N2)C(N)=Nc2ccccc2N=C1N. The number of para-hydroxylation sites is 2. The number of Topliss-reactive ketones (excluding diaryl/α,β-unsaturated/α-hetero) is 1. The first-order chi connectivity index (χ1) is 14.0. The smallest absolute Gasteiger partial charge is 0.257 e. The van der Waals surface area contributed by atoms with Crippen LogP contribution in [0.25, 0.3) is 10.4 Å². The largest absolute Gasteiger partial charge is 0.384 e. The number of carbonyl (C=O) groups is 1. The summed E-state index contributed by atoms with van der Waals surface area (Å²) in [6.07, 6.45) is 0. The fourth-order valence-corrected chi connectivity index (χ4v) is 4.72. The van der Waals surface area contributed by atoms with Crippen LogP contribution in [-0.2, 0) is 0 Å². The number of thiophene rings is 1. The van der Waals surface area contributed by atoms with E-state index in [0.29, 0.717) is 21.9 Å². The van der Waals surface area contributed by atoms with E-state index < -0.39 is 5.54 Å². The standard InChI is InChI=1S/C21H16N6OS/c1-11-15-17(28)21(19(22)24-13-9-5-6-10-14(13)25-20(21)23)27-26-18(15)29-16(11)12-7-3-2-4-8-12/h2-10H,1H3,(H2,22,24)(H2,23,25). The number of hydrogen-bond donors (Lipinski definition) is 2. The first-order valence-corrected chi connectivity index (χ1v) is 9.79. The molecule has 0 aliphatic carbocycles. The van der Waals surface area contributed by atoms with Crippen LogP contribution in [0.3, 0.4) is 0 Å². The summed E-state index contributed by atoms with van der Waals surface area (Å²) in [4.78, 5) is 23.5. The van der Waals surface area contributed by atoms with Gasteiger partial charge in [-0.15, -0.1) is 16.5 Å². The van der Waals surface area contributed by atoms with Crippen molar-refractivity contribution in [3.63, 3.8) is 0 Å². The minimum absolute atomic E-state index is 0.0324. The summed E-state index contributed by atoms with van der Waals surface area (Å²) >= 11 is 1.42. The maximum absolute atomic E-state index is 13.7. The minimum Gasteiger partial charge on any atom is -0.384 e. The number of amidine groups is 2. The van der Waals surface area contributed by atoms with Crippen LogP contribution < -0.4 is 11.5 Å². The molecule has 0 saturated carbocycles. The van der Waals surface area contributed by atoms with E-state index >= 15 is 0 Å². The average Bonchev–Trinajstić information content (AvgIpc) is 3.02. The molecule has 7 nitrogen and oxygen atoms in total. The van der Waals surface area contributed by atoms with Gasteiger partial charge in [-0.1, -0.05) is 42.5 Å². The zero-order valence-electron chi connectivity index (χ0n) is 15.5. The molecule has 0 fully saturated rings. The van der Waals surface area contributed by atoms with Crippen LogP contribution in [0.1, 0.15) is 15.9 Å². The Hall–Kier alpha value is -3.65. The quantitative estimate of drug-likeness (QED) is 0.628. The molecule has 3 heterocycles. The number of nitrogens with zero attached hydrogens (tertiary/aromatic N) is 4. The van der Waals surface area contributed by atoms with Gasteiger partial charge >= 0.3 is 0 Å². The van der Waals surface area contributed by atoms with Gasteiger partial charge in [0.1, 0.15) is 16.7 Å². The summed E-state index contributed by atoms with van der Waals surface area (Å²) in [5.74, 6) is -0.418. The highest BCUT2D eigenvalue weighted by molar-refractivity contribution is 7.19. The molecule has 2 aromatic carbocycles. The molecule has 3 aromatic rings. The highest BCUT2D eigenvalue weighted by atomic mass is 32.1.